The van der Waals surface area contributed by atoms with E-state index in [-0.39, 0.29) is 33.9 Å². The van der Waals surface area contributed by atoms with Crippen molar-refractivity contribution in [3.05, 3.63) is 66.7 Å². The number of aromatic carboxylic acids is 1. The molecule has 0 bridgehead atoms. The number of nitro benzene ring substituents is 2. The molecule has 2 rings (SSSR count). The van der Waals surface area contributed by atoms with E-state index in [1.807, 2.05) is 0 Å². The Bertz CT molecular complexity index is 1000. The number of nitrogens with two attached hydrogens (primary N) is 2. The third-order valence-electron chi connectivity index (χ3n) is 3.79. The number of carbonyl (C=O) groups is 2. The molecule has 154 valence electrons. The second-order valence-electron chi connectivity index (χ2n) is 5.76. The monoisotopic (exact) mass is 406 g/mol. The summed E-state index contributed by atoms with van der Waals surface area (Å²) >= 11 is 0. The lowest BCUT2D eigenvalue weighted by atomic mass is 10.1. The van der Waals surface area contributed by atoms with Gasteiger partial charge in [0.2, 0.25) is 0 Å². The van der Waals surface area contributed by atoms with Crippen LogP contribution in [-0.2, 0) is 4.74 Å². The fourth-order valence-corrected chi connectivity index (χ4v) is 2.22. The minimum Gasteiger partial charge on any atom is -0.478 e. The molecule has 0 aliphatic rings. The van der Waals surface area contributed by atoms with Crippen LogP contribution in [-0.4, -0.2) is 34.0 Å². The molecule has 12 nitrogen and oxygen atoms in total. The zero-order valence-corrected chi connectivity index (χ0v) is 15.7. The van der Waals surface area contributed by atoms with Crippen LogP contribution in [0.2, 0.25) is 0 Å². The van der Waals surface area contributed by atoms with Crippen molar-refractivity contribution in [3.8, 4) is 0 Å². The number of nitrogen functional groups attached to an aromatic ring is 2. The molecule has 0 amide bonds. The number of carboxylic acids is 1. The molecular weight excluding hydrogens is 388 g/mol. The molecule has 0 aromatic heterocycles. The smallest absolute Gasteiger partial charge is 0.338 e. The van der Waals surface area contributed by atoms with Gasteiger partial charge in [0.15, 0.2) is 0 Å². The number of nitrogens with zero attached hydrogens (tertiary/aromatic N) is 2. The number of ether oxygens (including phenoxy) is 1. The van der Waals surface area contributed by atoms with E-state index >= 15 is 0 Å². The van der Waals surface area contributed by atoms with Crippen LogP contribution >= 0.6 is 0 Å². The van der Waals surface area contributed by atoms with Crippen LogP contribution in [0.1, 0.15) is 31.8 Å². The Kier molecular flexibility index (Phi) is 7.18. The number of carbonyl (C=O) groups excluding carboxylic acids is 1. The van der Waals surface area contributed by atoms with Crippen LogP contribution in [0.15, 0.2) is 24.3 Å². The van der Waals surface area contributed by atoms with Crippen molar-refractivity contribution >= 4 is 34.7 Å². The standard InChI is InChI=1S/C9H10N2O4.C8H8N2O4/c1-5-3-6(9(12)15-2)4-7(8(5)10)11(13)14;1-4-2-5(8(11)12)3-6(7(4)9)10(13)14/h3-4H,10H2,1-2H3;2-3H,9H2,1H3,(H,11,12). The Hall–Kier alpha value is -4.22. The van der Waals surface area contributed by atoms with Gasteiger partial charge >= 0.3 is 11.9 Å². The zero-order chi connectivity index (χ0) is 22.5. The molecule has 0 fully saturated rings. The maximum absolute atomic E-state index is 11.2. The Balaban J connectivity index is 0.000000291. The Morgan fingerprint density at radius 1 is 0.897 bits per heavy atom. The summed E-state index contributed by atoms with van der Waals surface area (Å²) in [4.78, 5) is 41.5. The van der Waals surface area contributed by atoms with Gasteiger partial charge in [-0.05, 0) is 37.1 Å². The average Bonchev–Trinajstić information content (AvgIpc) is 2.64. The molecule has 0 radical (unpaired) electrons. The largest absolute Gasteiger partial charge is 0.478 e. The van der Waals surface area contributed by atoms with Crippen LogP contribution in [0.3, 0.4) is 0 Å². The molecule has 0 atom stereocenters. The second kappa shape index (κ2) is 9.12. The summed E-state index contributed by atoms with van der Waals surface area (Å²) in [5.41, 5.74) is 11.2. The van der Waals surface area contributed by atoms with Gasteiger partial charge in [-0.25, -0.2) is 9.59 Å². The van der Waals surface area contributed by atoms with Gasteiger partial charge in [-0.3, -0.25) is 20.2 Å². The summed E-state index contributed by atoms with van der Waals surface area (Å²) in [6.45, 7) is 3.11. The highest BCUT2D eigenvalue weighted by molar-refractivity contribution is 5.92. The van der Waals surface area contributed by atoms with Gasteiger partial charge in [0.25, 0.3) is 11.4 Å². The first-order chi connectivity index (χ1) is 13.4. The maximum Gasteiger partial charge on any atom is 0.338 e. The fraction of sp³-hybridized carbons (Fsp3) is 0.176. The molecular formula is C17H18N4O8. The molecule has 29 heavy (non-hydrogen) atoms. The highest BCUT2D eigenvalue weighted by Gasteiger charge is 2.19. The molecule has 0 aliphatic heterocycles. The number of nitro groups is 2. The summed E-state index contributed by atoms with van der Waals surface area (Å²) in [5.74, 6) is -1.84. The van der Waals surface area contributed by atoms with Crippen molar-refractivity contribution in [2.75, 3.05) is 18.6 Å². The minimum atomic E-state index is -1.21. The fourth-order valence-electron chi connectivity index (χ4n) is 2.22. The van der Waals surface area contributed by atoms with E-state index in [1.54, 1.807) is 6.92 Å². The van der Waals surface area contributed by atoms with Crippen molar-refractivity contribution < 1.29 is 29.3 Å². The number of esters is 1. The van der Waals surface area contributed by atoms with Crippen molar-refractivity contribution in [3.63, 3.8) is 0 Å². The number of aryl methyl sites for hydroxylation is 2. The van der Waals surface area contributed by atoms with Gasteiger partial charge in [-0.1, -0.05) is 0 Å². The number of hydrogen-bond acceptors (Lipinski definition) is 9. The Morgan fingerprint density at radius 3 is 1.62 bits per heavy atom. The molecule has 0 aliphatic carbocycles. The highest BCUT2D eigenvalue weighted by Crippen LogP contribution is 2.27. The lowest BCUT2D eigenvalue weighted by Gasteiger charge is -2.04. The topological polar surface area (TPSA) is 202 Å². The molecule has 12 heteroatoms. The molecule has 0 saturated carbocycles. The predicted octanol–water partition coefficient (Wildman–Crippen LogP) is 2.46. The predicted molar refractivity (Wildman–Crippen MR) is 103 cm³/mol. The van der Waals surface area contributed by atoms with Crippen LogP contribution in [0, 0.1) is 34.1 Å². The van der Waals surface area contributed by atoms with Crippen molar-refractivity contribution in [2.24, 2.45) is 0 Å². The Labute approximate surface area is 164 Å². The molecule has 0 spiro atoms. The van der Waals surface area contributed by atoms with E-state index in [1.165, 1.54) is 26.2 Å². The van der Waals surface area contributed by atoms with Gasteiger partial charge in [0, 0.05) is 12.1 Å². The van der Waals surface area contributed by atoms with Gasteiger partial charge in [0.1, 0.15) is 11.4 Å². The van der Waals surface area contributed by atoms with E-state index in [9.17, 15) is 29.8 Å². The van der Waals surface area contributed by atoms with E-state index in [2.05, 4.69) is 4.74 Å². The first-order valence-corrected chi connectivity index (χ1v) is 7.81. The first-order valence-electron chi connectivity index (χ1n) is 7.81. The number of rotatable bonds is 4. The van der Waals surface area contributed by atoms with E-state index < -0.39 is 21.8 Å². The summed E-state index contributed by atoms with van der Waals surface area (Å²) in [7, 11) is 1.21. The van der Waals surface area contributed by atoms with Gasteiger partial charge in [0.05, 0.1) is 28.1 Å². The van der Waals surface area contributed by atoms with Crippen LogP contribution in [0.5, 0.6) is 0 Å². The van der Waals surface area contributed by atoms with Crippen molar-refractivity contribution in [1.29, 1.82) is 0 Å². The average molecular weight is 406 g/mol. The second-order valence-corrected chi connectivity index (χ2v) is 5.76. The van der Waals surface area contributed by atoms with Gasteiger partial charge in [-0.15, -0.1) is 0 Å². The molecule has 2 aromatic rings. The normalized spacial score (nSPS) is 9.76. The maximum atomic E-state index is 11.2. The van der Waals surface area contributed by atoms with Crippen molar-refractivity contribution in [2.45, 2.75) is 13.8 Å². The number of methoxy groups -OCH3 is 1. The summed E-state index contributed by atoms with van der Waals surface area (Å²) < 4.78 is 4.46. The van der Waals surface area contributed by atoms with E-state index in [4.69, 9.17) is 16.6 Å². The summed E-state index contributed by atoms with van der Waals surface area (Å²) in [6, 6.07) is 4.80. The third kappa shape index (κ3) is 5.38. The van der Waals surface area contributed by atoms with Crippen molar-refractivity contribution in [1.82, 2.24) is 0 Å². The summed E-state index contributed by atoms with van der Waals surface area (Å²) in [6.07, 6.45) is 0. The minimum absolute atomic E-state index is 0.000000000000000222. The summed E-state index contributed by atoms with van der Waals surface area (Å²) in [5, 5.41) is 29.7. The van der Waals surface area contributed by atoms with Crippen LogP contribution in [0.25, 0.3) is 0 Å². The van der Waals surface area contributed by atoms with E-state index in [0.717, 1.165) is 12.1 Å². The molecule has 0 saturated heterocycles. The SMILES string of the molecule is COC(=O)c1cc(C)c(N)c([N+](=O)[O-])c1.Cc1cc(C(=O)O)cc([N+](=O)[O-])c1N. The lowest BCUT2D eigenvalue weighted by molar-refractivity contribution is -0.384. The molecule has 0 unspecified atom stereocenters. The molecule has 2 aromatic carbocycles. The molecule has 0 heterocycles. The van der Waals surface area contributed by atoms with Gasteiger partial charge < -0.3 is 21.3 Å². The number of hydrogen-bond donors (Lipinski definition) is 3. The highest BCUT2D eigenvalue weighted by atomic mass is 16.6. The van der Waals surface area contributed by atoms with Crippen LogP contribution < -0.4 is 11.5 Å². The van der Waals surface area contributed by atoms with Gasteiger partial charge in [-0.2, -0.15) is 0 Å². The van der Waals surface area contributed by atoms with E-state index in [0.29, 0.717) is 11.1 Å². The lowest BCUT2D eigenvalue weighted by Crippen LogP contribution is -2.05. The number of benzene rings is 2. The Morgan fingerprint density at radius 2 is 1.28 bits per heavy atom. The number of anilines is 2. The molecule has 5 N–H and O–H groups in total. The quantitative estimate of drug-likeness (QED) is 0.293. The number of carboxylic acid groups (broad SMARTS) is 1. The first kappa shape index (κ1) is 22.8. The van der Waals surface area contributed by atoms with Crippen LogP contribution in [0.4, 0.5) is 22.7 Å². The third-order valence-corrected chi connectivity index (χ3v) is 3.79. The zero-order valence-electron chi connectivity index (χ0n) is 15.7.